The minimum Gasteiger partial charge on any atom is -0.497 e. The lowest BCUT2D eigenvalue weighted by atomic mass is 9.86. The van der Waals surface area contributed by atoms with Gasteiger partial charge in [0.2, 0.25) is 0 Å². The number of rotatable bonds is 5. The summed E-state index contributed by atoms with van der Waals surface area (Å²) < 4.78 is 7.79. The van der Waals surface area contributed by atoms with E-state index in [1.807, 2.05) is 18.2 Å². The van der Waals surface area contributed by atoms with Gasteiger partial charge < -0.3 is 14.2 Å². The highest BCUT2D eigenvalue weighted by atomic mass is 16.5. The molecule has 4 heteroatoms. The zero-order chi connectivity index (χ0) is 24.8. The molecule has 4 aromatic rings. The number of carbonyl (C=O) groups is 1. The Hall–Kier alpha value is -3.79. The van der Waals surface area contributed by atoms with Crippen LogP contribution in [0.3, 0.4) is 0 Å². The van der Waals surface area contributed by atoms with Crippen LogP contribution in [-0.2, 0) is 18.4 Å². The van der Waals surface area contributed by atoms with Crippen LogP contribution in [0.2, 0.25) is 0 Å². The quantitative estimate of drug-likeness (QED) is 0.307. The van der Waals surface area contributed by atoms with Gasteiger partial charge in [-0.1, -0.05) is 60.2 Å². The number of methoxy groups -OCH3 is 1. The molecular weight excluding hydrogens is 444 g/mol. The van der Waals surface area contributed by atoms with Crippen molar-refractivity contribution in [2.24, 2.45) is 7.05 Å². The van der Waals surface area contributed by atoms with Gasteiger partial charge in [-0.3, -0.25) is 4.79 Å². The third-order valence-electron chi connectivity index (χ3n) is 7.90. The van der Waals surface area contributed by atoms with Gasteiger partial charge in [-0.25, -0.2) is 0 Å². The summed E-state index contributed by atoms with van der Waals surface area (Å²) in [5, 5.41) is 1.23. The second-order valence-corrected chi connectivity index (χ2v) is 10.1. The summed E-state index contributed by atoms with van der Waals surface area (Å²) in [6.45, 7) is 2.68. The number of para-hydroxylation sites is 1. The zero-order valence-corrected chi connectivity index (χ0v) is 21.3. The summed E-state index contributed by atoms with van der Waals surface area (Å²) in [7, 11) is 3.84. The predicted octanol–water partition coefficient (Wildman–Crippen LogP) is 7.12. The van der Waals surface area contributed by atoms with Gasteiger partial charge in [-0.05, 0) is 67.5 Å². The molecule has 0 spiro atoms. The first-order chi connectivity index (χ1) is 17.6. The molecule has 0 fully saturated rings. The Balaban J connectivity index is 1.58. The van der Waals surface area contributed by atoms with Crippen molar-refractivity contribution in [3.8, 4) is 17.0 Å². The van der Waals surface area contributed by atoms with Crippen molar-refractivity contribution in [1.82, 2.24) is 9.47 Å². The molecule has 1 amide bonds. The maximum absolute atomic E-state index is 13.9. The molecule has 6 rings (SSSR count). The van der Waals surface area contributed by atoms with Crippen LogP contribution in [0.25, 0.3) is 22.2 Å². The molecule has 0 bridgehead atoms. The van der Waals surface area contributed by atoms with Crippen molar-refractivity contribution < 1.29 is 9.53 Å². The first-order valence-corrected chi connectivity index (χ1v) is 12.9. The van der Waals surface area contributed by atoms with Crippen LogP contribution in [0.15, 0.2) is 83.9 Å². The number of carbonyl (C=O) groups excluding carboxylic acids is 1. The molecule has 0 saturated carbocycles. The van der Waals surface area contributed by atoms with E-state index in [0.717, 1.165) is 42.6 Å². The van der Waals surface area contributed by atoms with Crippen molar-refractivity contribution in [3.05, 3.63) is 101 Å². The number of nitrogens with zero attached hydrogens (tertiary/aromatic N) is 2. The number of aryl methyl sites for hydroxylation is 2. The Morgan fingerprint density at radius 2 is 1.72 bits per heavy atom. The maximum Gasteiger partial charge on any atom is 0.250 e. The van der Waals surface area contributed by atoms with E-state index >= 15 is 0 Å². The van der Waals surface area contributed by atoms with Gasteiger partial charge >= 0.3 is 0 Å². The van der Waals surface area contributed by atoms with Crippen LogP contribution in [0.4, 0.5) is 0 Å². The largest absolute Gasteiger partial charge is 0.497 e. The van der Waals surface area contributed by atoms with Gasteiger partial charge in [0.05, 0.1) is 18.8 Å². The SMILES string of the molecule is COc1cccc(CN2C(=O)C3=C(CCCC3)C2c2c(-c3ccc(C)cc3)n(C)c3ccccc23)c1. The van der Waals surface area contributed by atoms with Crippen LogP contribution in [-0.4, -0.2) is 22.5 Å². The van der Waals surface area contributed by atoms with Crippen LogP contribution in [0, 0.1) is 6.92 Å². The molecule has 36 heavy (non-hydrogen) atoms. The molecule has 2 heterocycles. The van der Waals surface area contributed by atoms with E-state index in [9.17, 15) is 4.79 Å². The number of benzene rings is 3. The van der Waals surface area contributed by atoms with Crippen molar-refractivity contribution in [1.29, 1.82) is 0 Å². The third kappa shape index (κ3) is 3.63. The van der Waals surface area contributed by atoms with Crippen LogP contribution < -0.4 is 4.74 Å². The fraction of sp³-hybridized carbons (Fsp3) is 0.281. The van der Waals surface area contributed by atoms with E-state index in [1.165, 1.54) is 38.9 Å². The second-order valence-electron chi connectivity index (χ2n) is 10.1. The number of aromatic nitrogens is 1. The molecule has 0 radical (unpaired) electrons. The van der Waals surface area contributed by atoms with Crippen LogP contribution in [0.5, 0.6) is 5.75 Å². The highest BCUT2D eigenvalue weighted by Gasteiger charge is 2.43. The number of hydrogen-bond acceptors (Lipinski definition) is 2. The standard InChI is InChI=1S/C32H32N2O2/c1-21-15-17-23(18-16-21)30-29(27-13-6-7-14-28(27)33(30)2)31-25-11-4-5-12-26(25)32(35)34(31)20-22-9-8-10-24(19-22)36-3/h6-10,13-19,31H,4-5,11-12,20H2,1-3H3. The minimum atomic E-state index is -0.0681. The number of ether oxygens (including phenoxy) is 1. The molecule has 182 valence electrons. The first-order valence-electron chi connectivity index (χ1n) is 12.9. The third-order valence-corrected chi connectivity index (χ3v) is 7.90. The van der Waals surface area contributed by atoms with Crippen molar-refractivity contribution in [3.63, 3.8) is 0 Å². The molecule has 1 aromatic heterocycles. The summed E-state index contributed by atoms with van der Waals surface area (Å²) in [6, 6.07) is 25.4. The molecule has 0 saturated heterocycles. The Bertz CT molecular complexity index is 1490. The summed E-state index contributed by atoms with van der Waals surface area (Å²) in [6.07, 6.45) is 4.09. The first kappa shape index (κ1) is 22.7. The highest BCUT2D eigenvalue weighted by molar-refractivity contribution is 6.01. The fourth-order valence-electron chi connectivity index (χ4n) is 6.17. The molecule has 1 atom stereocenters. The van der Waals surface area contributed by atoms with Gasteiger partial charge in [0, 0.05) is 35.6 Å². The van der Waals surface area contributed by atoms with E-state index in [2.05, 4.69) is 78.0 Å². The molecule has 1 aliphatic heterocycles. The lowest BCUT2D eigenvalue weighted by Gasteiger charge is -2.29. The lowest BCUT2D eigenvalue weighted by Crippen LogP contribution is -2.30. The Morgan fingerprint density at radius 1 is 0.944 bits per heavy atom. The molecule has 3 aromatic carbocycles. The molecule has 1 unspecified atom stereocenters. The molecule has 1 aliphatic carbocycles. The van der Waals surface area contributed by atoms with Gasteiger partial charge in [0.1, 0.15) is 5.75 Å². The van der Waals surface area contributed by atoms with Crippen molar-refractivity contribution in [2.45, 2.75) is 45.2 Å². The van der Waals surface area contributed by atoms with Gasteiger partial charge in [0.25, 0.3) is 5.91 Å². The smallest absolute Gasteiger partial charge is 0.250 e. The van der Waals surface area contributed by atoms with Crippen LogP contribution >= 0.6 is 0 Å². The van der Waals surface area contributed by atoms with E-state index in [-0.39, 0.29) is 11.9 Å². The summed E-state index contributed by atoms with van der Waals surface area (Å²) in [5.74, 6) is 1.01. The molecule has 2 aliphatic rings. The summed E-state index contributed by atoms with van der Waals surface area (Å²) in [5.41, 5.74) is 9.52. The Labute approximate surface area is 212 Å². The van der Waals surface area contributed by atoms with Crippen molar-refractivity contribution >= 4 is 16.8 Å². The van der Waals surface area contributed by atoms with Gasteiger partial charge in [-0.2, -0.15) is 0 Å². The fourth-order valence-corrected chi connectivity index (χ4v) is 6.17. The average molecular weight is 477 g/mol. The Kier molecular flexibility index (Phi) is 5.67. The number of hydrogen-bond donors (Lipinski definition) is 0. The van der Waals surface area contributed by atoms with Crippen molar-refractivity contribution in [2.75, 3.05) is 7.11 Å². The lowest BCUT2D eigenvalue weighted by molar-refractivity contribution is -0.127. The normalized spacial score (nSPS) is 17.7. The second kappa shape index (κ2) is 9.02. The molecule has 0 N–H and O–H groups in total. The highest BCUT2D eigenvalue weighted by Crippen LogP contribution is 2.50. The van der Waals surface area contributed by atoms with E-state index in [4.69, 9.17) is 4.74 Å². The van der Waals surface area contributed by atoms with E-state index in [0.29, 0.717) is 6.54 Å². The average Bonchev–Trinajstić information content (AvgIpc) is 3.35. The van der Waals surface area contributed by atoms with Gasteiger partial charge in [0.15, 0.2) is 0 Å². The topological polar surface area (TPSA) is 34.5 Å². The minimum absolute atomic E-state index is 0.0681. The zero-order valence-electron chi connectivity index (χ0n) is 21.3. The molecular formula is C32H32N2O2. The Morgan fingerprint density at radius 3 is 2.53 bits per heavy atom. The number of fused-ring (bicyclic) bond motifs is 1. The van der Waals surface area contributed by atoms with E-state index in [1.54, 1.807) is 7.11 Å². The van der Waals surface area contributed by atoms with Crippen LogP contribution in [0.1, 0.15) is 48.4 Å². The summed E-state index contributed by atoms with van der Waals surface area (Å²) in [4.78, 5) is 16.1. The maximum atomic E-state index is 13.9. The predicted molar refractivity (Wildman–Crippen MR) is 145 cm³/mol. The van der Waals surface area contributed by atoms with E-state index < -0.39 is 0 Å². The number of amides is 1. The monoisotopic (exact) mass is 476 g/mol. The molecule has 4 nitrogen and oxygen atoms in total. The van der Waals surface area contributed by atoms with Gasteiger partial charge in [-0.15, -0.1) is 0 Å². The summed E-state index contributed by atoms with van der Waals surface area (Å²) >= 11 is 0.